The fourth-order valence-corrected chi connectivity index (χ4v) is 5.12. The lowest BCUT2D eigenvalue weighted by Crippen LogP contribution is -2.61. The minimum atomic E-state index is -4.58. The second kappa shape index (κ2) is 7.01. The number of alkyl halides is 3. The summed E-state index contributed by atoms with van der Waals surface area (Å²) >= 11 is 6.14. The monoisotopic (exact) mass is 424 g/mol. The van der Waals surface area contributed by atoms with E-state index < -0.39 is 11.9 Å². The third-order valence-corrected chi connectivity index (χ3v) is 6.15. The van der Waals surface area contributed by atoms with Gasteiger partial charge in [-0.1, -0.05) is 23.4 Å². The van der Waals surface area contributed by atoms with Crippen molar-refractivity contribution in [3.63, 3.8) is 0 Å². The van der Waals surface area contributed by atoms with E-state index in [0.717, 1.165) is 43.9 Å². The third-order valence-electron chi connectivity index (χ3n) is 5.94. The van der Waals surface area contributed by atoms with Gasteiger partial charge in [-0.15, -0.1) is 13.2 Å². The summed E-state index contributed by atoms with van der Waals surface area (Å²) in [5.74, 6) is 5.47. The van der Waals surface area contributed by atoms with Crippen LogP contribution in [0.2, 0.25) is 5.15 Å². The summed E-state index contributed by atoms with van der Waals surface area (Å²) in [5.41, 5.74) is 0.535. The number of piperidine rings is 1. The molecule has 0 bridgehead atoms. The van der Waals surface area contributed by atoms with Crippen LogP contribution in [0.4, 0.5) is 13.2 Å². The molecule has 9 heteroatoms. The van der Waals surface area contributed by atoms with Gasteiger partial charge in [0.05, 0.1) is 17.4 Å². The Labute approximate surface area is 171 Å². The molecular formula is C20H20ClF3N4O. The third kappa shape index (κ3) is 3.75. The van der Waals surface area contributed by atoms with Crippen molar-refractivity contribution >= 4 is 11.6 Å². The highest BCUT2D eigenvalue weighted by Gasteiger charge is 2.60. The summed E-state index contributed by atoms with van der Waals surface area (Å²) in [4.78, 5) is 4.09. The van der Waals surface area contributed by atoms with Gasteiger partial charge in [0, 0.05) is 23.9 Å². The molecule has 1 saturated carbocycles. The number of aliphatic hydroxyl groups is 1. The largest absolute Gasteiger partial charge is 0.504 e. The lowest BCUT2D eigenvalue weighted by atomic mass is 9.46. The van der Waals surface area contributed by atoms with Gasteiger partial charge in [-0.3, -0.25) is 0 Å². The molecule has 1 saturated heterocycles. The molecule has 1 aliphatic carbocycles. The summed E-state index contributed by atoms with van der Waals surface area (Å²) < 4.78 is 38.1. The first-order valence-electron chi connectivity index (χ1n) is 9.33. The van der Waals surface area contributed by atoms with Crippen molar-refractivity contribution in [2.24, 2.45) is 5.41 Å². The molecule has 4 rings (SSSR count). The molecule has 2 aromatic heterocycles. The van der Waals surface area contributed by atoms with E-state index in [9.17, 15) is 18.3 Å². The summed E-state index contributed by atoms with van der Waals surface area (Å²) in [7, 11) is 0. The predicted molar refractivity (Wildman–Crippen MR) is 101 cm³/mol. The van der Waals surface area contributed by atoms with Crippen molar-refractivity contribution in [1.29, 1.82) is 0 Å². The molecule has 0 amide bonds. The molecule has 2 fully saturated rings. The Hall–Kier alpha value is -2.08. The Morgan fingerprint density at radius 1 is 1.28 bits per heavy atom. The van der Waals surface area contributed by atoms with Gasteiger partial charge in [0.2, 0.25) is 0 Å². The fraction of sp³-hybridized carbons (Fsp3) is 0.500. The van der Waals surface area contributed by atoms with Crippen LogP contribution in [-0.4, -0.2) is 38.6 Å². The smallest absolute Gasteiger partial charge is 0.389 e. The Bertz CT molecular complexity index is 984. The number of pyridine rings is 1. The minimum Gasteiger partial charge on any atom is -0.389 e. The number of aromatic nitrogens is 3. The van der Waals surface area contributed by atoms with E-state index in [1.807, 2.05) is 6.92 Å². The van der Waals surface area contributed by atoms with Crippen LogP contribution in [0.5, 0.6) is 0 Å². The first kappa shape index (κ1) is 20.2. The normalized spacial score (nSPS) is 25.9. The topological polar surface area (TPSA) is 63.0 Å². The second-order valence-corrected chi connectivity index (χ2v) is 8.45. The molecule has 1 spiro atoms. The van der Waals surface area contributed by atoms with Crippen molar-refractivity contribution < 1.29 is 18.3 Å². The second-order valence-electron chi connectivity index (χ2n) is 8.07. The maximum atomic E-state index is 12.7. The SMILES string of the molecule is CC1(O)CC2(CCNCC2)C1c1cc(Cl)ncc1C#Cc1cnn(C(F)(F)F)c1. The van der Waals surface area contributed by atoms with Crippen LogP contribution >= 0.6 is 11.6 Å². The molecule has 2 unspecified atom stereocenters. The zero-order chi connectivity index (χ0) is 20.9. The molecule has 5 nitrogen and oxygen atoms in total. The quantitative estimate of drug-likeness (QED) is 0.544. The van der Waals surface area contributed by atoms with Gasteiger partial charge < -0.3 is 10.4 Å². The lowest BCUT2D eigenvalue weighted by Gasteiger charge is -2.61. The van der Waals surface area contributed by atoms with Crippen LogP contribution in [0.15, 0.2) is 24.7 Å². The van der Waals surface area contributed by atoms with Gasteiger partial charge in [-0.05, 0) is 56.3 Å². The van der Waals surface area contributed by atoms with Crippen molar-refractivity contribution in [1.82, 2.24) is 20.1 Å². The standard InChI is InChI=1S/C20H20ClF3N4O/c1-18(29)12-19(4-6-25-7-5-19)17(18)15-8-16(21)26-10-14(15)3-2-13-9-27-28(11-13)20(22,23)24/h8-11,17,25,29H,4-7,12H2,1H3. The number of rotatable bonds is 1. The van der Waals surface area contributed by atoms with Gasteiger partial charge in [-0.2, -0.15) is 9.78 Å². The zero-order valence-electron chi connectivity index (χ0n) is 15.7. The van der Waals surface area contributed by atoms with Crippen molar-refractivity contribution in [2.45, 2.75) is 44.0 Å². The van der Waals surface area contributed by atoms with Crippen LogP contribution in [0.3, 0.4) is 0 Å². The van der Waals surface area contributed by atoms with E-state index in [1.54, 1.807) is 6.07 Å². The van der Waals surface area contributed by atoms with Gasteiger partial charge in [0.25, 0.3) is 0 Å². The number of hydrogen-bond donors (Lipinski definition) is 2. The van der Waals surface area contributed by atoms with Crippen molar-refractivity contribution in [3.8, 4) is 11.8 Å². The number of nitrogens with one attached hydrogen (secondary N) is 1. The molecule has 154 valence electrons. The number of nitrogens with zero attached hydrogens (tertiary/aromatic N) is 3. The molecular weight excluding hydrogens is 405 g/mol. The van der Waals surface area contributed by atoms with Crippen molar-refractivity contribution in [2.75, 3.05) is 13.1 Å². The van der Waals surface area contributed by atoms with Crippen LogP contribution in [0.25, 0.3) is 0 Å². The maximum absolute atomic E-state index is 12.7. The van der Waals surface area contributed by atoms with Crippen LogP contribution in [-0.2, 0) is 6.30 Å². The number of halogens is 4. The Kier molecular flexibility index (Phi) is 4.88. The summed E-state index contributed by atoms with van der Waals surface area (Å²) in [6.45, 7) is 3.57. The van der Waals surface area contributed by atoms with E-state index in [1.165, 1.54) is 6.20 Å². The molecule has 3 heterocycles. The Morgan fingerprint density at radius 2 is 2.00 bits per heavy atom. The van der Waals surface area contributed by atoms with Gasteiger partial charge in [-0.25, -0.2) is 4.98 Å². The van der Waals surface area contributed by atoms with E-state index in [-0.39, 0.29) is 21.6 Å². The van der Waals surface area contributed by atoms with Crippen LogP contribution < -0.4 is 5.32 Å². The molecule has 29 heavy (non-hydrogen) atoms. The van der Waals surface area contributed by atoms with Crippen LogP contribution in [0, 0.1) is 17.3 Å². The molecule has 0 radical (unpaired) electrons. The number of hydrogen-bond acceptors (Lipinski definition) is 4. The molecule has 2 aliphatic rings. The highest BCUT2D eigenvalue weighted by molar-refractivity contribution is 6.29. The van der Waals surface area contributed by atoms with Crippen LogP contribution in [0.1, 0.15) is 48.8 Å². The Balaban J connectivity index is 1.71. The van der Waals surface area contributed by atoms with Gasteiger partial charge in [0.1, 0.15) is 5.15 Å². The summed E-state index contributed by atoms with van der Waals surface area (Å²) in [6, 6.07) is 1.72. The highest BCUT2D eigenvalue weighted by Crippen LogP contribution is 2.63. The molecule has 2 atom stereocenters. The highest BCUT2D eigenvalue weighted by atomic mass is 35.5. The first-order valence-corrected chi connectivity index (χ1v) is 9.71. The minimum absolute atomic E-state index is 0.0446. The Morgan fingerprint density at radius 3 is 2.62 bits per heavy atom. The summed E-state index contributed by atoms with van der Waals surface area (Å²) in [6.07, 6.45) is 1.39. The lowest BCUT2D eigenvalue weighted by molar-refractivity contribution is -0.212. The van der Waals surface area contributed by atoms with E-state index in [2.05, 4.69) is 27.2 Å². The predicted octanol–water partition coefficient (Wildman–Crippen LogP) is 3.42. The van der Waals surface area contributed by atoms with Gasteiger partial charge >= 0.3 is 6.30 Å². The molecule has 1 aliphatic heterocycles. The van der Waals surface area contributed by atoms with E-state index in [0.29, 0.717) is 17.1 Å². The first-order chi connectivity index (χ1) is 13.6. The average molecular weight is 425 g/mol. The van der Waals surface area contributed by atoms with Crippen molar-refractivity contribution in [3.05, 3.63) is 46.5 Å². The van der Waals surface area contributed by atoms with Gasteiger partial charge in [0.15, 0.2) is 0 Å². The maximum Gasteiger partial charge on any atom is 0.504 e. The molecule has 0 aromatic carbocycles. The molecule has 2 aromatic rings. The zero-order valence-corrected chi connectivity index (χ0v) is 16.5. The summed E-state index contributed by atoms with van der Waals surface area (Å²) in [5, 5.41) is 17.9. The molecule has 2 N–H and O–H groups in total. The van der Waals surface area contributed by atoms with E-state index in [4.69, 9.17) is 11.6 Å². The fourth-order valence-electron chi connectivity index (χ4n) is 4.95. The van der Waals surface area contributed by atoms with E-state index >= 15 is 0 Å². The average Bonchev–Trinajstić information content (AvgIpc) is 3.10.